The monoisotopic (exact) mass is 224 g/mol. The number of aliphatic hydroxyl groups excluding tert-OH is 1. The Labute approximate surface area is 93.7 Å². The van der Waals surface area contributed by atoms with Crippen LogP contribution in [0.2, 0.25) is 0 Å². The Bertz CT molecular complexity index is 387. The zero-order valence-electron chi connectivity index (χ0n) is 9.09. The lowest BCUT2D eigenvalue weighted by Crippen LogP contribution is -2.24. The largest absolute Gasteiger partial charge is 0.480 e. The standard InChI is InChI=1S/C11H16N2O3/c14-6-2-3-8-7-13-9(11(15)16)4-1-5-10(13)12-8/h7,9,14H,1-6H2,(H,15,16). The van der Waals surface area contributed by atoms with Crippen LogP contribution in [0.3, 0.4) is 0 Å². The number of hydrogen-bond acceptors (Lipinski definition) is 3. The van der Waals surface area contributed by atoms with Crippen LogP contribution in [0, 0.1) is 0 Å². The summed E-state index contributed by atoms with van der Waals surface area (Å²) in [6, 6.07) is -0.459. The molecule has 5 nitrogen and oxygen atoms in total. The van der Waals surface area contributed by atoms with Crippen molar-refractivity contribution < 1.29 is 15.0 Å². The highest BCUT2D eigenvalue weighted by Gasteiger charge is 2.26. The first-order valence-electron chi connectivity index (χ1n) is 5.62. The fourth-order valence-electron chi connectivity index (χ4n) is 2.16. The summed E-state index contributed by atoms with van der Waals surface area (Å²) in [6.45, 7) is 0.143. The van der Waals surface area contributed by atoms with Crippen LogP contribution in [0.5, 0.6) is 0 Å². The van der Waals surface area contributed by atoms with Gasteiger partial charge in [-0.05, 0) is 25.7 Å². The van der Waals surface area contributed by atoms with Gasteiger partial charge in [0.1, 0.15) is 11.9 Å². The maximum Gasteiger partial charge on any atom is 0.326 e. The molecule has 16 heavy (non-hydrogen) atoms. The van der Waals surface area contributed by atoms with Crippen LogP contribution in [0.1, 0.15) is 36.8 Å². The lowest BCUT2D eigenvalue weighted by molar-refractivity contribution is -0.141. The highest BCUT2D eigenvalue weighted by molar-refractivity contribution is 5.72. The molecule has 1 aromatic rings. The Morgan fingerprint density at radius 1 is 1.62 bits per heavy atom. The van der Waals surface area contributed by atoms with E-state index in [9.17, 15) is 4.79 Å². The van der Waals surface area contributed by atoms with Crippen molar-refractivity contribution >= 4 is 5.97 Å². The van der Waals surface area contributed by atoms with Gasteiger partial charge in [-0.25, -0.2) is 9.78 Å². The van der Waals surface area contributed by atoms with E-state index in [1.807, 2.05) is 6.20 Å². The number of carbonyl (C=O) groups is 1. The molecule has 2 rings (SSSR count). The number of carboxylic acids is 1. The zero-order valence-corrected chi connectivity index (χ0v) is 9.09. The van der Waals surface area contributed by atoms with E-state index in [0.29, 0.717) is 19.3 Å². The van der Waals surface area contributed by atoms with Gasteiger partial charge in [0.25, 0.3) is 0 Å². The number of rotatable bonds is 4. The average molecular weight is 224 g/mol. The molecule has 0 saturated heterocycles. The summed E-state index contributed by atoms with van der Waals surface area (Å²) in [5.74, 6) is 0.0821. The van der Waals surface area contributed by atoms with Gasteiger partial charge in [0, 0.05) is 19.2 Å². The molecule has 0 radical (unpaired) electrons. The maximum absolute atomic E-state index is 11.1. The number of aromatic nitrogens is 2. The topological polar surface area (TPSA) is 75.3 Å². The van der Waals surface area contributed by atoms with Gasteiger partial charge in [-0.15, -0.1) is 0 Å². The van der Waals surface area contributed by atoms with Crippen LogP contribution in [0.15, 0.2) is 6.20 Å². The van der Waals surface area contributed by atoms with Crippen molar-refractivity contribution in [1.82, 2.24) is 9.55 Å². The third-order valence-electron chi connectivity index (χ3n) is 2.95. The van der Waals surface area contributed by atoms with E-state index >= 15 is 0 Å². The lowest BCUT2D eigenvalue weighted by atomic mass is 10.1. The second-order valence-corrected chi connectivity index (χ2v) is 4.13. The number of imidazole rings is 1. The minimum atomic E-state index is -0.785. The van der Waals surface area contributed by atoms with Crippen LogP contribution >= 0.6 is 0 Å². The maximum atomic E-state index is 11.1. The molecule has 2 heterocycles. The fourth-order valence-corrected chi connectivity index (χ4v) is 2.16. The minimum Gasteiger partial charge on any atom is -0.480 e. The second kappa shape index (κ2) is 4.65. The van der Waals surface area contributed by atoms with Gasteiger partial charge >= 0.3 is 5.97 Å². The SMILES string of the molecule is O=C(O)C1CCCc2nc(CCCO)cn21. The van der Waals surface area contributed by atoms with Crippen molar-refractivity contribution in [1.29, 1.82) is 0 Å². The molecule has 88 valence electrons. The summed E-state index contributed by atoms with van der Waals surface area (Å²) in [6.07, 6.45) is 5.62. The van der Waals surface area contributed by atoms with E-state index in [2.05, 4.69) is 4.98 Å². The molecule has 2 N–H and O–H groups in total. The predicted octanol–water partition coefficient (Wildman–Crippen LogP) is 0.770. The molecule has 1 aliphatic heterocycles. The molecular weight excluding hydrogens is 208 g/mol. The third-order valence-corrected chi connectivity index (χ3v) is 2.95. The minimum absolute atomic E-state index is 0.143. The molecule has 1 unspecified atom stereocenters. The smallest absolute Gasteiger partial charge is 0.326 e. The normalized spacial score (nSPS) is 19.4. The Balaban J connectivity index is 2.20. The summed E-state index contributed by atoms with van der Waals surface area (Å²) in [5.41, 5.74) is 0.886. The quantitative estimate of drug-likeness (QED) is 0.792. The van der Waals surface area contributed by atoms with Crippen LogP contribution < -0.4 is 0 Å². The molecule has 5 heteroatoms. The number of aliphatic hydroxyl groups is 1. The first-order chi connectivity index (χ1) is 7.72. The number of carboxylic acid groups (broad SMARTS) is 1. The molecule has 1 aromatic heterocycles. The Hall–Kier alpha value is -1.36. The number of fused-ring (bicyclic) bond motifs is 1. The van der Waals surface area contributed by atoms with Gasteiger partial charge in [-0.3, -0.25) is 0 Å². The number of nitrogens with zero attached hydrogens (tertiary/aromatic N) is 2. The van der Waals surface area contributed by atoms with Crippen molar-refractivity contribution in [3.63, 3.8) is 0 Å². The van der Waals surface area contributed by atoms with Gasteiger partial charge < -0.3 is 14.8 Å². The fraction of sp³-hybridized carbons (Fsp3) is 0.636. The van der Waals surface area contributed by atoms with Crippen LogP contribution in [0.25, 0.3) is 0 Å². The van der Waals surface area contributed by atoms with Crippen LogP contribution in [0.4, 0.5) is 0 Å². The Kier molecular flexibility index (Phi) is 3.24. The Morgan fingerprint density at radius 3 is 3.12 bits per heavy atom. The van der Waals surface area contributed by atoms with Crippen molar-refractivity contribution in [2.45, 2.75) is 38.1 Å². The molecule has 0 aromatic carbocycles. The summed E-state index contributed by atoms with van der Waals surface area (Å²) >= 11 is 0. The van der Waals surface area contributed by atoms with Crippen molar-refractivity contribution in [2.24, 2.45) is 0 Å². The number of aliphatic carboxylic acids is 1. The van der Waals surface area contributed by atoms with E-state index in [1.54, 1.807) is 4.57 Å². The van der Waals surface area contributed by atoms with E-state index in [0.717, 1.165) is 24.4 Å². The van der Waals surface area contributed by atoms with Crippen LogP contribution in [-0.2, 0) is 17.6 Å². The highest BCUT2D eigenvalue weighted by atomic mass is 16.4. The highest BCUT2D eigenvalue weighted by Crippen LogP contribution is 2.25. The van der Waals surface area contributed by atoms with Gasteiger partial charge in [-0.2, -0.15) is 0 Å². The first-order valence-corrected chi connectivity index (χ1v) is 5.62. The van der Waals surface area contributed by atoms with Crippen molar-refractivity contribution in [3.8, 4) is 0 Å². The van der Waals surface area contributed by atoms with Gasteiger partial charge in [0.05, 0.1) is 5.69 Å². The second-order valence-electron chi connectivity index (χ2n) is 4.13. The molecule has 0 spiro atoms. The molecule has 0 saturated carbocycles. The first kappa shape index (κ1) is 11.1. The molecule has 1 atom stereocenters. The third kappa shape index (κ3) is 2.09. The Morgan fingerprint density at radius 2 is 2.44 bits per heavy atom. The van der Waals surface area contributed by atoms with E-state index in [-0.39, 0.29) is 6.61 Å². The van der Waals surface area contributed by atoms with Gasteiger partial charge in [0.2, 0.25) is 0 Å². The summed E-state index contributed by atoms with van der Waals surface area (Å²) in [7, 11) is 0. The summed E-state index contributed by atoms with van der Waals surface area (Å²) in [4.78, 5) is 15.5. The average Bonchev–Trinajstić information content (AvgIpc) is 2.68. The molecule has 1 aliphatic rings. The molecule has 0 bridgehead atoms. The van der Waals surface area contributed by atoms with Crippen LogP contribution in [-0.4, -0.2) is 32.3 Å². The van der Waals surface area contributed by atoms with E-state index in [1.165, 1.54) is 0 Å². The summed E-state index contributed by atoms with van der Waals surface area (Å²) in [5, 5.41) is 17.8. The van der Waals surface area contributed by atoms with Crippen molar-refractivity contribution in [2.75, 3.05) is 6.61 Å². The molecule has 0 amide bonds. The summed E-state index contributed by atoms with van der Waals surface area (Å²) < 4.78 is 1.78. The van der Waals surface area contributed by atoms with Gasteiger partial charge in [-0.1, -0.05) is 0 Å². The number of aryl methyl sites for hydroxylation is 2. The van der Waals surface area contributed by atoms with E-state index < -0.39 is 12.0 Å². The predicted molar refractivity (Wildman–Crippen MR) is 57.2 cm³/mol. The lowest BCUT2D eigenvalue weighted by Gasteiger charge is -2.20. The molecule has 0 fully saturated rings. The van der Waals surface area contributed by atoms with Crippen molar-refractivity contribution in [3.05, 3.63) is 17.7 Å². The molecular formula is C11H16N2O3. The van der Waals surface area contributed by atoms with Gasteiger partial charge in [0.15, 0.2) is 0 Å². The van der Waals surface area contributed by atoms with E-state index in [4.69, 9.17) is 10.2 Å². The molecule has 0 aliphatic carbocycles. The zero-order chi connectivity index (χ0) is 11.5. The number of hydrogen-bond donors (Lipinski definition) is 2.